The second-order valence-electron chi connectivity index (χ2n) is 8.23. The lowest BCUT2D eigenvalue weighted by atomic mass is 9.90. The second kappa shape index (κ2) is 9.88. The number of ether oxygens (including phenoxy) is 2. The Morgan fingerprint density at radius 3 is 2.31 bits per heavy atom. The van der Waals surface area contributed by atoms with Crippen LogP contribution in [-0.4, -0.2) is 50.3 Å². The number of hydrogen-bond donors (Lipinski definition) is 0. The lowest BCUT2D eigenvalue weighted by molar-refractivity contribution is 0.313. The summed E-state index contributed by atoms with van der Waals surface area (Å²) >= 11 is 1.42. The van der Waals surface area contributed by atoms with E-state index < -0.39 is 10.0 Å². The summed E-state index contributed by atoms with van der Waals surface area (Å²) < 4.78 is 44.3. The molecule has 35 heavy (non-hydrogen) atoms. The topological polar surface area (TPSA) is 94.8 Å². The highest BCUT2D eigenvalue weighted by Gasteiger charge is 2.33. The van der Waals surface area contributed by atoms with Crippen molar-refractivity contribution in [1.29, 1.82) is 0 Å². The van der Waals surface area contributed by atoms with E-state index in [0.717, 1.165) is 34.1 Å². The van der Waals surface area contributed by atoms with Gasteiger partial charge in [-0.05, 0) is 71.0 Å². The van der Waals surface area contributed by atoms with Gasteiger partial charge in [0.05, 0.1) is 19.1 Å². The number of nitrogens with zero attached hydrogens (tertiary/aromatic N) is 3. The number of fused-ring (bicyclic) bond motifs is 1. The first-order chi connectivity index (χ1) is 17.0. The maximum atomic E-state index is 13.6. The lowest BCUT2D eigenvalue weighted by Crippen LogP contribution is -2.38. The summed E-state index contributed by atoms with van der Waals surface area (Å²) in [5.74, 6) is 1.84. The molecular formula is C25H25N3O5S2. The number of hydrogen-bond acceptors (Lipinski definition) is 8. The summed E-state index contributed by atoms with van der Waals surface area (Å²) in [4.78, 5) is 1.74. The van der Waals surface area contributed by atoms with Crippen LogP contribution in [0.4, 0.5) is 0 Å². The van der Waals surface area contributed by atoms with Gasteiger partial charge in [-0.3, -0.25) is 0 Å². The number of rotatable bonds is 7. The van der Waals surface area contributed by atoms with E-state index in [0.29, 0.717) is 24.5 Å². The summed E-state index contributed by atoms with van der Waals surface area (Å²) in [7, 11) is -0.507. The number of para-hydroxylation sites is 1. The van der Waals surface area contributed by atoms with Gasteiger partial charge in [0, 0.05) is 18.0 Å². The average Bonchev–Trinajstić information content (AvgIpc) is 3.39. The molecule has 0 spiro atoms. The van der Waals surface area contributed by atoms with Gasteiger partial charge in [-0.25, -0.2) is 13.0 Å². The van der Waals surface area contributed by atoms with Gasteiger partial charge in [-0.1, -0.05) is 36.0 Å². The maximum absolute atomic E-state index is 13.6. The highest BCUT2D eigenvalue weighted by Crippen LogP contribution is 2.40. The molecule has 0 radical (unpaired) electrons. The van der Waals surface area contributed by atoms with Crippen LogP contribution in [0.5, 0.6) is 11.5 Å². The van der Waals surface area contributed by atoms with E-state index in [-0.39, 0.29) is 10.4 Å². The van der Waals surface area contributed by atoms with E-state index in [1.165, 1.54) is 21.6 Å². The van der Waals surface area contributed by atoms with E-state index in [1.807, 2.05) is 36.4 Å². The largest absolute Gasteiger partial charge is 0.497 e. The predicted octanol–water partition coefficient (Wildman–Crippen LogP) is 4.96. The van der Waals surface area contributed by atoms with Crippen LogP contribution in [0.25, 0.3) is 11.0 Å². The molecule has 1 fully saturated rings. The van der Waals surface area contributed by atoms with Crippen molar-refractivity contribution in [3.8, 4) is 11.5 Å². The van der Waals surface area contributed by atoms with E-state index in [4.69, 9.17) is 14.1 Å². The van der Waals surface area contributed by atoms with Crippen LogP contribution in [0, 0.1) is 0 Å². The Morgan fingerprint density at radius 2 is 1.60 bits per heavy atom. The molecule has 0 aliphatic carbocycles. The molecule has 0 saturated carbocycles. The first kappa shape index (κ1) is 23.7. The zero-order valence-corrected chi connectivity index (χ0v) is 21.0. The van der Waals surface area contributed by atoms with Crippen molar-refractivity contribution in [2.45, 2.75) is 33.4 Å². The van der Waals surface area contributed by atoms with Crippen molar-refractivity contribution >= 4 is 32.8 Å². The fourth-order valence-corrected chi connectivity index (χ4v) is 6.97. The standard InChI is InChI=1S/C25H25N3O5S2/c1-31-19-9-7-17(8-10-19)18-13-15-28(16-14-18)35(29,30)23-12-11-22(24-25(23)27-33-26-24)34-21-6-4-3-5-20(21)32-2/h3-12,18H,13-16H2,1-2H3. The third kappa shape index (κ3) is 4.61. The minimum absolute atomic E-state index is 0.112. The highest BCUT2D eigenvalue weighted by molar-refractivity contribution is 7.99. The van der Waals surface area contributed by atoms with E-state index >= 15 is 0 Å². The van der Waals surface area contributed by atoms with Crippen molar-refractivity contribution in [2.75, 3.05) is 27.3 Å². The van der Waals surface area contributed by atoms with Gasteiger partial charge >= 0.3 is 0 Å². The van der Waals surface area contributed by atoms with Crippen LogP contribution in [0.3, 0.4) is 0 Å². The number of benzene rings is 3. The molecule has 0 unspecified atom stereocenters. The summed E-state index contributed by atoms with van der Waals surface area (Å²) in [6.45, 7) is 0.868. The van der Waals surface area contributed by atoms with Crippen LogP contribution in [0.1, 0.15) is 24.3 Å². The molecule has 1 aliphatic heterocycles. The summed E-state index contributed by atoms with van der Waals surface area (Å²) in [6, 6.07) is 18.9. The minimum atomic E-state index is -3.76. The van der Waals surface area contributed by atoms with Gasteiger partial charge in [0.2, 0.25) is 10.0 Å². The lowest BCUT2D eigenvalue weighted by Gasteiger charge is -2.31. The van der Waals surface area contributed by atoms with Gasteiger partial charge in [-0.15, -0.1) is 0 Å². The molecule has 4 aromatic rings. The van der Waals surface area contributed by atoms with Crippen molar-refractivity contribution in [3.63, 3.8) is 0 Å². The summed E-state index contributed by atoms with van der Waals surface area (Å²) in [6.07, 6.45) is 1.49. The van der Waals surface area contributed by atoms with Crippen LogP contribution in [0.15, 0.2) is 80.0 Å². The zero-order chi connectivity index (χ0) is 24.4. The third-order valence-electron chi connectivity index (χ3n) is 6.29. The van der Waals surface area contributed by atoms with Gasteiger partial charge in [-0.2, -0.15) is 4.31 Å². The quantitative estimate of drug-likeness (QED) is 0.344. The van der Waals surface area contributed by atoms with Crippen molar-refractivity contribution in [3.05, 3.63) is 66.2 Å². The molecular weight excluding hydrogens is 486 g/mol. The minimum Gasteiger partial charge on any atom is -0.497 e. The molecule has 0 bridgehead atoms. The van der Waals surface area contributed by atoms with Crippen LogP contribution in [-0.2, 0) is 10.0 Å². The van der Waals surface area contributed by atoms with Crippen molar-refractivity contribution < 1.29 is 22.5 Å². The fourth-order valence-electron chi connectivity index (χ4n) is 4.38. The van der Waals surface area contributed by atoms with Gasteiger partial charge in [0.15, 0.2) is 11.0 Å². The number of piperidine rings is 1. The Bertz CT molecular complexity index is 1430. The Morgan fingerprint density at radius 1 is 0.886 bits per heavy atom. The SMILES string of the molecule is COc1ccc(C2CCN(S(=O)(=O)c3ccc(Sc4ccccc4OC)c4nonc34)CC2)cc1. The Labute approximate surface area is 208 Å². The van der Waals surface area contributed by atoms with Gasteiger partial charge in [0.25, 0.3) is 0 Å². The molecule has 10 heteroatoms. The normalized spacial score (nSPS) is 15.4. The molecule has 5 rings (SSSR count). The maximum Gasteiger partial charge on any atom is 0.245 e. The molecule has 2 heterocycles. The summed E-state index contributed by atoms with van der Waals surface area (Å²) in [5.41, 5.74) is 1.85. The average molecular weight is 512 g/mol. The fraction of sp³-hybridized carbons (Fsp3) is 0.280. The number of methoxy groups -OCH3 is 2. The van der Waals surface area contributed by atoms with Gasteiger partial charge in [0.1, 0.15) is 16.4 Å². The first-order valence-corrected chi connectivity index (χ1v) is 13.5. The Hall–Kier alpha value is -3.08. The molecule has 1 aliphatic rings. The molecule has 0 atom stereocenters. The van der Waals surface area contributed by atoms with Crippen molar-refractivity contribution in [2.24, 2.45) is 0 Å². The Balaban J connectivity index is 1.37. The highest BCUT2D eigenvalue weighted by atomic mass is 32.2. The summed E-state index contributed by atoms with van der Waals surface area (Å²) in [5, 5.41) is 7.97. The first-order valence-electron chi connectivity index (χ1n) is 11.2. The molecule has 8 nitrogen and oxygen atoms in total. The van der Waals surface area contributed by atoms with E-state index in [9.17, 15) is 8.42 Å². The van der Waals surface area contributed by atoms with E-state index in [2.05, 4.69) is 22.4 Å². The van der Waals surface area contributed by atoms with Crippen LogP contribution >= 0.6 is 11.8 Å². The second-order valence-corrected chi connectivity index (χ2v) is 11.2. The molecule has 182 valence electrons. The molecule has 1 aromatic heterocycles. The van der Waals surface area contributed by atoms with Crippen LogP contribution < -0.4 is 9.47 Å². The Kier molecular flexibility index (Phi) is 6.68. The molecule has 0 N–H and O–H groups in total. The monoisotopic (exact) mass is 511 g/mol. The number of sulfonamides is 1. The molecule has 3 aromatic carbocycles. The van der Waals surface area contributed by atoms with E-state index in [1.54, 1.807) is 26.4 Å². The zero-order valence-electron chi connectivity index (χ0n) is 19.4. The molecule has 0 amide bonds. The smallest absolute Gasteiger partial charge is 0.245 e. The van der Waals surface area contributed by atoms with Gasteiger partial charge < -0.3 is 9.47 Å². The number of aromatic nitrogens is 2. The predicted molar refractivity (Wildman–Crippen MR) is 133 cm³/mol. The van der Waals surface area contributed by atoms with Crippen molar-refractivity contribution in [1.82, 2.24) is 14.6 Å². The van der Waals surface area contributed by atoms with Crippen LogP contribution in [0.2, 0.25) is 0 Å². The third-order valence-corrected chi connectivity index (χ3v) is 9.33. The molecule has 1 saturated heterocycles.